The number of carboxylic acid groups (broad SMARTS) is 1. The molecule has 7 heteroatoms. The van der Waals surface area contributed by atoms with E-state index in [0.717, 1.165) is 5.92 Å². The number of likely N-dealkylation sites (tertiary alicyclic amines) is 1. The van der Waals surface area contributed by atoms with Gasteiger partial charge in [-0.1, -0.05) is 40.2 Å². The molecule has 0 bridgehead atoms. The standard InChI is InChI=1S/C11H18N2O4.C6H13N.C4H10/c1-4-9(5-8(2)11(16)17)13(3)10(15)6-12-7-14;1-7-5-3-2-4-6-7;1-4(2)3/h5,7,9H,4,6H2,1-3H3,(H,12,14)(H,16,17);2-6H2,1H3;4H,1-3H3/b8-5+;;/t9-;;/m0../s1. The summed E-state index contributed by atoms with van der Waals surface area (Å²) in [6.45, 7) is 12.4. The molecule has 7 nitrogen and oxygen atoms in total. The maximum atomic E-state index is 11.6. The van der Waals surface area contributed by atoms with E-state index in [0.29, 0.717) is 12.8 Å². The molecule has 28 heavy (non-hydrogen) atoms. The number of amides is 2. The van der Waals surface area contributed by atoms with E-state index in [1.54, 1.807) is 7.05 Å². The van der Waals surface area contributed by atoms with Crippen LogP contribution in [0, 0.1) is 5.92 Å². The second-order valence-electron chi connectivity index (χ2n) is 7.73. The number of carbonyl (C=O) groups is 3. The van der Waals surface area contributed by atoms with Gasteiger partial charge in [-0.2, -0.15) is 0 Å². The fourth-order valence-electron chi connectivity index (χ4n) is 2.35. The van der Waals surface area contributed by atoms with E-state index in [-0.39, 0.29) is 24.1 Å². The molecular weight excluding hydrogens is 358 g/mol. The maximum absolute atomic E-state index is 11.6. The molecule has 1 heterocycles. The zero-order chi connectivity index (χ0) is 22.1. The molecule has 2 amide bonds. The first-order valence-corrected chi connectivity index (χ1v) is 10.1. The smallest absolute Gasteiger partial charge is 0.331 e. The third kappa shape index (κ3) is 16.3. The van der Waals surface area contributed by atoms with E-state index < -0.39 is 5.97 Å². The molecule has 2 N–H and O–H groups in total. The van der Waals surface area contributed by atoms with Crippen molar-refractivity contribution in [2.45, 2.75) is 66.3 Å². The van der Waals surface area contributed by atoms with Gasteiger partial charge in [-0.3, -0.25) is 9.59 Å². The third-order valence-electron chi connectivity index (χ3n) is 4.01. The van der Waals surface area contributed by atoms with Crippen LogP contribution in [-0.4, -0.2) is 73.0 Å². The van der Waals surface area contributed by atoms with E-state index in [9.17, 15) is 14.4 Å². The number of likely N-dealkylation sites (N-methyl/N-ethyl adjacent to an activating group) is 1. The summed E-state index contributed by atoms with van der Waals surface area (Å²) < 4.78 is 0. The van der Waals surface area contributed by atoms with Gasteiger partial charge in [0.1, 0.15) is 0 Å². The summed E-state index contributed by atoms with van der Waals surface area (Å²) in [7, 11) is 3.77. The van der Waals surface area contributed by atoms with Crippen LogP contribution in [0.2, 0.25) is 0 Å². The Morgan fingerprint density at radius 2 is 1.68 bits per heavy atom. The van der Waals surface area contributed by atoms with Crippen LogP contribution < -0.4 is 5.32 Å². The number of piperidine rings is 1. The zero-order valence-electron chi connectivity index (χ0n) is 18.8. The summed E-state index contributed by atoms with van der Waals surface area (Å²) in [6.07, 6.45) is 6.86. The quantitative estimate of drug-likeness (QED) is 0.507. The average Bonchev–Trinajstić information content (AvgIpc) is 2.63. The number of aliphatic carboxylic acids is 1. The first kappa shape index (κ1) is 28.3. The van der Waals surface area contributed by atoms with Crippen LogP contribution in [0.1, 0.15) is 60.3 Å². The second-order valence-corrected chi connectivity index (χ2v) is 7.73. The van der Waals surface area contributed by atoms with Crippen LogP contribution in [0.3, 0.4) is 0 Å². The largest absolute Gasteiger partial charge is 0.478 e. The molecule has 0 aliphatic carbocycles. The van der Waals surface area contributed by atoms with Crippen LogP contribution in [0.25, 0.3) is 0 Å². The van der Waals surface area contributed by atoms with Gasteiger partial charge in [0.05, 0.1) is 12.6 Å². The van der Waals surface area contributed by atoms with E-state index in [1.165, 1.54) is 50.3 Å². The molecular formula is C21H41N3O4. The minimum atomic E-state index is -1.00. The highest BCUT2D eigenvalue weighted by molar-refractivity contribution is 5.86. The molecule has 1 atom stereocenters. The topological polar surface area (TPSA) is 90.0 Å². The Bertz CT molecular complexity index is 470. The van der Waals surface area contributed by atoms with Gasteiger partial charge >= 0.3 is 5.97 Å². The van der Waals surface area contributed by atoms with Gasteiger partial charge in [-0.15, -0.1) is 0 Å². The minimum absolute atomic E-state index is 0.0868. The highest BCUT2D eigenvalue weighted by atomic mass is 16.4. The summed E-state index contributed by atoms with van der Waals surface area (Å²) >= 11 is 0. The van der Waals surface area contributed by atoms with Crippen molar-refractivity contribution in [3.05, 3.63) is 11.6 Å². The Kier molecular flexibility index (Phi) is 17.4. The molecule has 1 saturated heterocycles. The van der Waals surface area contributed by atoms with E-state index in [4.69, 9.17) is 5.11 Å². The highest BCUT2D eigenvalue weighted by Gasteiger charge is 2.17. The molecule has 1 aliphatic heterocycles. The summed E-state index contributed by atoms with van der Waals surface area (Å²) in [5.41, 5.74) is 0.194. The van der Waals surface area contributed by atoms with Crippen LogP contribution in [-0.2, 0) is 14.4 Å². The summed E-state index contributed by atoms with van der Waals surface area (Å²) in [5, 5.41) is 11.0. The molecule has 0 spiro atoms. The molecule has 0 saturated carbocycles. The lowest BCUT2D eigenvalue weighted by molar-refractivity contribution is -0.133. The van der Waals surface area contributed by atoms with Crippen LogP contribution in [0.4, 0.5) is 0 Å². The Labute approximate surface area is 171 Å². The van der Waals surface area contributed by atoms with Gasteiger partial charge in [0.15, 0.2) is 0 Å². The molecule has 0 radical (unpaired) electrons. The molecule has 0 aromatic carbocycles. The highest BCUT2D eigenvalue weighted by Crippen LogP contribution is 2.07. The van der Waals surface area contributed by atoms with Gasteiger partial charge in [0, 0.05) is 12.6 Å². The van der Waals surface area contributed by atoms with Crippen molar-refractivity contribution in [2.75, 3.05) is 33.7 Å². The zero-order valence-corrected chi connectivity index (χ0v) is 18.8. The average molecular weight is 400 g/mol. The Morgan fingerprint density at radius 3 is 2.00 bits per heavy atom. The van der Waals surface area contributed by atoms with Crippen LogP contribution in [0.5, 0.6) is 0 Å². The van der Waals surface area contributed by atoms with Gasteiger partial charge < -0.3 is 20.2 Å². The molecule has 1 aliphatic rings. The lowest BCUT2D eigenvalue weighted by Crippen LogP contribution is -2.41. The fourth-order valence-corrected chi connectivity index (χ4v) is 2.35. The SMILES string of the molecule is CC(C)C.CC[C@@H](/C=C(\C)C(=O)O)N(C)C(=O)CNC=O.CN1CCCCC1. The van der Waals surface area contributed by atoms with E-state index in [2.05, 4.69) is 38.0 Å². The van der Waals surface area contributed by atoms with Crippen molar-refractivity contribution in [2.24, 2.45) is 5.92 Å². The lowest BCUT2D eigenvalue weighted by Gasteiger charge is -2.25. The minimum Gasteiger partial charge on any atom is -0.478 e. The molecule has 0 aromatic heterocycles. The second kappa shape index (κ2) is 17.2. The van der Waals surface area contributed by atoms with Crippen molar-refractivity contribution in [1.29, 1.82) is 0 Å². The first-order chi connectivity index (χ1) is 13.1. The molecule has 1 fully saturated rings. The number of hydrogen-bond acceptors (Lipinski definition) is 4. The summed E-state index contributed by atoms with van der Waals surface area (Å²) in [4.78, 5) is 36.1. The van der Waals surface area contributed by atoms with Gasteiger partial charge in [-0.25, -0.2) is 4.79 Å². The number of nitrogens with one attached hydrogen (secondary N) is 1. The van der Waals surface area contributed by atoms with E-state index in [1.807, 2.05) is 6.92 Å². The van der Waals surface area contributed by atoms with Crippen molar-refractivity contribution in [3.63, 3.8) is 0 Å². The van der Waals surface area contributed by atoms with Crippen LogP contribution in [0.15, 0.2) is 11.6 Å². The molecule has 1 rings (SSSR count). The van der Waals surface area contributed by atoms with E-state index >= 15 is 0 Å². The number of hydrogen-bond donors (Lipinski definition) is 2. The van der Waals surface area contributed by atoms with Gasteiger partial charge in [-0.05, 0) is 52.2 Å². The Balaban J connectivity index is 0. The lowest BCUT2D eigenvalue weighted by atomic mass is 10.1. The van der Waals surface area contributed by atoms with Crippen molar-refractivity contribution in [3.8, 4) is 0 Å². The normalized spacial score (nSPS) is 15.4. The number of rotatable bonds is 7. The maximum Gasteiger partial charge on any atom is 0.331 e. The fraction of sp³-hybridized carbons (Fsp3) is 0.762. The molecule has 0 aromatic rings. The van der Waals surface area contributed by atoms with Crippen molar-refractivity contribution < 1.29 is 19.5 Å². The predicted octanol–water partition coefficient (Wildman–Crippen LogP) is 2.76. The van der Waals surface area contributed by atoms with Gasteiger partial charge in [0.25, 0.3) is 0 Å². The van der Waals surface area contributed by atoms with Gasteiger partial charge in [0.2, 0.25) is 12.3 Å². The predicted molar refractivity (Wildman–Crippen MR) is 114 cm³/mol. The summed E-state index contributed by atoms with van der Waals surface area (Å²) in [6, 6.07) is -0.285. The Hall–Kier alpha value is -1.89. The Morgan fingerprint density at radius 1 is 1.18 bits per heavy atom. The molecule has 164 valence electrons. The number of carboxylic acids is 1. The summed E-state index contributed by atoms with van der Waals surface area (Å²) in [5.74, 6) is -0.436. The molecule has 0 unspecified atom stereocenters. The monoisotopic (exact) mass is 399 g/mol. The number of carbonyl (C=O) groups excluding carboxylic acids is 2. The third-order valence-corrected chi connectivity index (χ3v) is 4.01. The van der Waals surface area contributed by atoms with Crippen molar-refractivity contribution >= 4 is 18.3 Å². The number of nitrogens with zero attached hydrogens (tertiary/aromatic N) is 2. The van der Waals surface area contributed by atoms with Crippen molar-refractivity contribution in [1.82, 2.24) is 15.1 Å². The van der Waals surface area contributed by atoms with Crippen LogP contribution >= 0.6 is 0 Å². The first-order valence-electron chi connectivity index (χ1n) is 10.1.